The summed E-state index contributed by atoms with van der Waals surface area (Å²) in [6.07, 6.45) is 3.27. The fourth-order valence-corrected chi connectivity index (χ4v) is 2.46. The summed E-state index contributed by atoms with van der Waals surface area (Å²) in [4.78, 5) is 24.1. The third-order valence-electron chi connectivity index (χ3n) is 3.19. The Morgan fingerprint density at radius 3 is 2.86 bits per heavy atom. The molecular weight excluding hydrogens is 326 g/mol. The molecule has 0 bridgehead atoms. The molecule has 6 nitrogen and oxygen atoms in total. The van der Waals surface area contributed by atoms with Crippen molar-refractivity contribution < 1.29 is 9.72 Å². The summed E-state index contributed by atoms with van der Waals surface area (Å²) >= 11 is 11.2. The number of nitrogens with one attached hydrogen (secondary N) is 1. The standard InChI is InChI=1S/C14H14ClN3O3S/c1-2-3-6-17-13(19)12(16-14(17)22)8-9-7-10(18(20)21)4-5-11(9)15/h4-5,7-8H,2-3,6H2,1H3,(H,16,22)/b12-8+. The third-order valence-corrected chi connectivity index (χ3v) is 3.85. The third kappa shape index (κ3) is 3.42. The first kappa shape index (κ1) is 16.4. The molecule has 0 radical (unpaired) electrons. The molecule has 1 aliphatic rings. The highest BCUT2D eigenvalue weighted by Gasteiger charge is 2.30. The van der Waals surface area contributed by atoms with Crippen LogP contribution in [0, 0.1) is 10.1 Å². The van der Waals surface area contributed by atoms with Gasteiger partial charge in [-0.25, -0.2) is 0 Å². The van der Waals surface area contributed by atoms with Crippen molar-refractivity contribution in [2.24, 2.45) is 0 Å². The average molecular weight is 340 g/mol. The van der Waals surface area contributed by atoms with E-state index in [-0.39, 0.29) is 17.3 Å². The molecule has 1 aromatic carbocycles. The van der Waals surface area contributed by atoms with E-state index in [2.05, 4.69) is 5.32 Å². The number of hydrogen-bond donors (Lipinski definition) is 1. The van der Waals surface area contributed by atoms with E-state index in [1.54, 1.807) is 0 Å². The number of rotatable bonds is 5. The number of carbonyl (C=O) groups is 1. The SMILES string of the molecule is CCCCN1C(=O)/C(=C\c2cc([N+](=O)[O-])ccc2Cl)NC1=S. The van der Waals surface area contributed by atoms with Crippen molar-refractivity contribution in [1.29, 1.82) is 0 Å². The maximum atomic E-state index is 12.3. The lowest BCUT2D eigenvalue weighted by molar-refractivity contribution is -0.384. The molecule has 1 aliphatic heterocycles. The molecule has 8 heteroatoms. The number of hydrogen-bond acceptors (Lipinski definition) is 4. The molecule has 1 N–H and O–H groups in total. The summed E-state index contributed by atoms with van der Waals surface area (Å²) in [6.45, 7) is 2.57. The molecule has 0 aromatic heterocycles. The van der Waals surface area contributed by atoms with Gasteiger partial charge in [0, 0.05) is 29.3 Å². The second kappa shape index (κ2) is 6.85. The average Bonchev–Trinajstić information content (AvgIpc) is 2.73. The molecule has 0 aliphatic carbocycles. The summed E-state index contributed by atoms with van der Waals surface area (Å²) in [5.74, 6) is -0.249. The molecule has 1 amide bonds. The van der Waals surface area contributed by atoms with E-state index in [4.69, 9.17) is 23.8 Å². The highest BCUT2D eigenvalue weighted by molar-refractivity contribution is 7.80. The molecule has 0 saturated carbocycles. The number of unbranched alkanes of at least 4 members (excludes halogenated alkanes) is 1. The Labute approximate surface area is 137 Å². The number of carbonyl (C=O) groups excluding carboxylic acids is 1. The number of amides is 1. The minimum absolute atomic E-state index is 0.0906. The van der Waals surface area contributed by atoms with Crippen LogP contribution in [-0.2, 0) is 4.79 Å². The van der Waals surface area contributed by atoms with Gasteiger partial charge in [0.05, 0.1) is 4.92 Å². The van der Waals surface area contributed by atoms with Crippen LogP contribution in [0.5, 0.6) is 0 Å². The molecule has 0 spiro atoms. The van der Waals surface area contributed by atoms with Gasteiger partial charge < -0.3 is 5.32 Å². The summed E-state index contributed by atoms with van der Waals surface area (Å²) < 4.78 is 0. The van der Waals surface area contributed by atoms with Crippen molar-refractivity contribution in [3.05, 3.63) is 44.6 Å². The number of halogens is 1. The van der Waals surface area contributed by atoms with E-state index in [9.17, 15) is 14.9 Å². The molecule has 1 aromatic rings. The van der Waals surface area contributed by atoms with E-state index < -0.39 is 4.92 Å². The van der Waals surface area contributed by atoms with Crippen LogP contribution >= 0.6 is 23.8 Å². The highest BCUT2D eigenvalue weighted by atomic mass is 35.5. The number of non-ortho nitro benzene ring substituents is 1. The van der Waals surface area contributed by atoms with Gasteiger partial charge in [-0.1, -0.05) is 24.9 Å². The lowest BCUT2D eigenvalue weighted by Crippen LogP contribution is -2.31. The first-order valence-electron chi connectivity index (χ1n) is 6.72. The predicted molar refractivity (Wildman–Crippen MR) is 88.4 cm³/mol. The quantitative estimate of drug-likeness (QED) is 0.386. The first-order valence-corrected chi connectivity index (χ1v) is 7.51. The first-order chi connectivity index (χ1) is 10.4. The van der Waals surface area contributed by atoms with Gasteiger partial charge in [-0.15, -0.1) is 0 Å². The second-order valence-electron chi connectivity index (χ2n) is 4.76. The summed E-state index contributed by atoms with van der Waals surface area (Å²) in [5.41, 5.74) is 0.572. The Bertz CT molecular complexity index is 675. The van der Waals surface area contributed by atoms with Gasteiger partial charge in [0.2, 0.25) is 0 Å². The zero-order chi connectivity index (χ0) is 16.3. The maximum Gasteiger partial charge on any atom is 0.276 e. The Morgan fingerprint density at radius 2 is 2.23 bits per heavy atom. The Kier molecular flexibility index (Phi) is 5.10. The zero-order valence-corrected chi connectivity index (χ0v) is 13.4. The van der Waals surface area contributed by atoms with Crippen LogP contribution in [-0.4, -0.2) is 27.4 Å². The molecular formula is C14H14ClN3O3S. The van der Waals surface area contributed by atoms with E-state index in [0.717, 1.165) is 12.8 Å². The Morgan fingerprint density at radius 1 is 1.50 bits per heavy atom. The van der Waals surface area contributed by atoms with Crippen molar-refractivity contribution >= 4 is 46.6 Å². The minimum atomic E-state index is -0.513. The smallest absolute Gasteiger partial charge is 0.276 e. The van der Waals surface area contributed by atoms with E-state index in [1.165, 1.54) is 29.2 Å². The van der Waals surface area contributed by atoms with Crippen LogP contribution in [0.4, 0.5) is 5.69 Å². The molecule has 2 rings (SSSR count). The monoisotopic (exact) mass is 339 g/mol. The molecule has 22 heavy (non-hydrogen) atoms. The molecule has 0 unspecified atom stereocenters. The molecule has 116 valence electrons. The van der Waals surface area contributed by atoms with Gasteiger partial charge in [-0.05, 0) is 30.8 Å². The Balaban J connectivity index is 2.30. The van der Waals surface area contributed by atoms with Crippen molar-refractivity contribution in [2.75, 3.05) is 6.54 Å². The van der Waals surface area contributed by atoms with Crippen molar-refractivity contribution in [1.82, 2.24) is 10.2 Å². The summed E-state index contributed by atoms with van der Waals surface area (Å²) in [7, 11) is 0. The number of thiocarbonyl (C=S) groups is 1. The number of nitrogens with zero attached hydrogens (tertiary/aromatic N) is 2. The summed E-state index contributed by atoms with van der Waals surface area (Å²) in [6, 6.07) is 4.06. The normalized spacial score (nSPS) is 16.3. The Hall–Kier alpha value is -1.99. The summed E-state index contributed by atoms with van der Waals surface area (Å²) in [5, 5.41) is 14.3. The maximum absolute atomic E-state index is 12.3. The number of nitro groups is 1. The molecule has 0 atom stereocenters. The van der Waals surface area contributed by atoms with Crippen LogP contribution in [0.1, 0.15) is 25.3 Å². The lowest BCUT2D eigenvalue weighted by atomic mass is 10.1. The van der Waals surface area contributed by atoms with E-state index in [1.807, 2.05) is 6.92 Å². The van der Waals surface area contributed by atoms with Crippen molar-refractivity contribution in [3.8, 4) is 0 Å². The van der Waals surface area contributed by atoms with Crippen LogP contribution in [0.3, 0.4) is 0 Å². The molecule has 1 fully saturated rings. The molecule has 1 heterocycles. The van der Waals surface area contributed by atoms with Crippen LogP contribution in [0.25, 0.3) is 6.08 Å². The van der Waals surface area contributed by atoms with Gasteiger partial charge in [0.25, 0.3) is 11.6 Å². The predicted octanol–water partition coefficient (Wildman–Crippen LogP) is 3.11. The number of nitro benzene ring substituents is 1. The zero-order valence-electron chi connectivity index (χ0n) is 11.8. The minimum Gasteiger partial charge on any atom is -0.328 e. The fraction of sp³-hybridized carbons (Fsp3) is 0.286. The topological polar surface area (TPSA) is 75.5 Å². The largest absolute Gasteiger partial charge is 0.328 e. The van der Waals surface area contributed by atoms with Crippen LogP contribution in [0.15, 0.2) is 23.9 Å². The van der Waals surface area contributed by atoms with Gasteiger partial charge in [-0.3, -0.25) is 19.8 Å². The van der Waals surface area contributed by atoms with Gasteiger partial charge in [0.15, 0.2) is 5.11 Å². The molecule has 1 saturated heterocycles. The van der Waals surface area contributed by atoms with Crippen molar-refractivity contribution in [2.45, 2.75) is 19.8 Å². The fourth-order valence-electron chi connectivity index (χ4n) is 2.00. The van der Waals surface area contributed by atoms with Gasteiger partial charge in [-0.2, -0.15) is 0 Å². The lowest BCUT2D eigenvalue weighted by Gasteiger charge is -2.12. The van der Waals surface area contributed by atoms with E-state index in [0.29, 0.717) is 22.2 Å². The van der Waals surface area contributed by atoms with E-state index >= 15 is 0 Å². The number of benzene rings is 1. The van der Waals surface area contributed by atoms with Gasteiger partial charge in [0.1, 0.15) is 5.70 Å². The van der Waals surface area contributed by atoms with Crippen molar-refractivity contribution in [3.63, 3.8) is 0 Å². The highest BCUT2D eigenvalue weighted by Crippen LogP contribution is 2.25. The second-order valence-corrected chi connectivity index (χ2v) is 5.56. The van der Waals surface area contributed by atoms with Gasteiger partial charge >= 0.3 is 0 Å². The van der Waals surface area contributed by atoms with Crippen LogP contribution < -0.4 is 5.32 Å². The van der Waals surface area contributed by atoms with Crippen LogP contribution in [0.2, 0.25) is 5.02 Å².